The van der Waals surface area contributed by atoms with Gasteiger partial charge in [-0.15, -0.1) is 0 Å². The molecule has 0 radical (unpaired) electrons. The number of rotatable bonds is 3. The zero-order valence-electron chi connectivity index (χ0n) is 10.2. The summed E-state index contributed by atoms with van der Waals surface area (Å²) in [6.07, 6.45) is 0. The van der Waals surface area contributed by atoms with Gasteiger partial charge in [-0.25, -0.2) is 0 Å². The Hall–Kier alpha value is -1.31. The lowest BCUT2D eigenvalue weighted by Crippen LogP contribution is -2.43. The fourth-order valence-electron chi connectivity index (χ4n) is 1.74. The maximum atomic E-state index is 12.1. The highest BCUT2D eigenvalue weighted by Gasteiger charge is 2.24. The Balaban J connectivity index is 2.18. The lowest BCUT2D eigenvalue weighted by atomic mass is 10.2. The Morgan fingerprint density at radius 3 is 2.67 bits per heavy atom. The van der Waals surface area contributed by atoms with Gasteiger partial charge in [0.2, 0.25) is 0 Å². The molecule has 1 aromatic carbocycles. The number of hydrogen-bond donors (Lipinski definition) is 2. The minimum atomic E-state index is -3.53. The van der Waals surface area contributed by atoms with E-state index in [4.69, 9.17) is 10.5 Å². The van der Waals surface area contributed by atoms with E-state index in [1.165, 1.54) is 4.31 Å². The minimum absolute atomic E-state index is 0.372. The number of morpholine rings is 1. The van der Waals surface area contributed by atoms with Crippen LogP contribution >= 0.6 is 0 Å². The molecule has 2 rings (SSSR count). The monoisotopic (exact) mass is 271 g/mol. The van der Waals surface area contributed by atoms with Crippen LogP contribution in [0.25, 0.3) is 0 Å². The average molecular weight is 271 g/mol. The van der Waals surface area contributed by atoms with Gasteiger partial charge in [-0.3, -0.25) is 4.72 Å². The van der Waals surface area contributed by atoms with Gasteiger partial charge in [-0.05, 0) is 24.6 Å². The zero-order chi connectivity index (χ0) is 13.2. The number of hydrogen-bond acceptors (Lipinski definition) is 4. The fraction of sp³-hybridized carbons (Fsp3) is 0.455. The molecule has 0 saturated carbocycles. The Labute approximate surface area is 107 Å². The summed E-state index contributed by atoms with van der Waals surface area (Å²) < 4.78 is 33.3. The number of aryl methyl sites for hydroxylation is 1. The van der Waals surface area contributed by atoms with Gasteiger partial charge in [-0.1, -0.05) is 6.07 Å². The van der Waals surface area contributed by atoms with E-state index < -0.39 is 10.2 Å². The SMILES string of the molecule is Cc1ccc(N)cc1NS(=O)(=O)N1CCOCC1. The smallest absolute Gasteiger partial charge is 0.301 e. The Bertz CT molecular complexity index is 524. The van der Waals surface area contributed by atoms with Crippen molar-refractivity contribution in [1.82, 2.24) is 4.31 Å². The highest BCUT2D eigenvalue weighted by molar-refractivity contribution is 7.90. The number of benzene rings is 1. The second-order valence-corrected chi connectivity index (χ2v) is 5.86. The minimum Gasteiger partial charge on any atom is -0.399 e. The summed E-state index contributed by atoms with van der Waals surface area (Å²) in [5.74, 6) is 0. The van der Waals surface area contributed by atoms with Gasteiger partial charge in [0, 0.05) is 18.8 Å². The van der Waals surface area contributed by atoms with Crippen LogP contribution in [0.3, 0.4) is 0 Å². The molecule has 100 valence electrons. The van der Waals surface area contributed by atoms with E-state index in [0.29, 0.717) is 37.7 Å². The van der Waals surface area contributed by atoms with Crippen LogP contribution in [-0.2, 0) is 14.9 Å². The standard InChI is InChI=1S/C11H17N3O3S/c1-9-2-3-10(12)8-11(9)13-18(15,16)14-4-6-17-7-5-14/h2-3,8,13H,4-7,12H2,1H3. The molecule has 0 amide bonds. The Morgan fingerprint density at radius 1 is 1.33 bits per heavy atom. The number of nitrogens with two attached hydrogens (primary N) is 1. The molecule has 18 heavy (non-hydrogen) atoms. The van der Waals surface area contributed by atoms with E-state index in [0.717, 1.165) is 5.56 Å². The van der Waals surface area contributed by atoms with E-state index >= 15 is 0 Å². The van der Waals surface area contributed by atoms with Crippen LogP contribution < -0.4 is 10.5 Å². The van der Waals surface area contributed by atoms with Gasteiger partial charge in [0.1, 0.15) is 0 Å². The van der Waals surface area contributed by atoms with Crippen molar-refractivity contribution in [3.8, 4) is 0 Å². The van der Waals surface area contributed by atoms with Crippen molar-refractivity contribution in [3.63, 3.8) is 0 Å². The summed E-state index contributed by atoms with van der Waals surface area (Å²) in [5, 5.41) is 0. The maximum absolute atomic E-state index is 12.1. The number of anilines is 2. The fourth-order valence-corrected chi connectivity index (χ4v) is 3.00. The molecule has 7 heteroatoms. The first kappa shape index (κ1) is 13.1. The quantitative estimate of drug-likeness (QED) is 0.787. The number of nitrogen functional groups attached to an aromatic ring is 1. The topological polar surface area (TPSA) is 84.7 Å². The van der Waals surface area contributed by atoms with E-state index in [1.807, 2.05) is 6.92 Å². The summed E-state index contributed by atoms with van der Waals surface area (Å²) >= 11 is 0. The number of nitrogens with zero attached hydrogens (tertiary/aromatic N) is 1. The molecule has 1 aliphatic heterocycles. The summed E-state index contributed by atoms with van der Waals surface area (Å²) in [5.41, 5.74) is 7.53. The molecule has 0 aromatic heterocycles. The van der Waals surface area contributed by atoms with Crippen LogP contribution in [0.15, 0.2) is 18.2 Å². The van der Waals surface area contributed by atoms with Crippen molar-refractivity contribution in [2.75, 3.05) is 36.8 Å². The summed E-state index contributed by atoms with van der Waals surface area (Å²) in [6, 6.07) is 5.14. The summed E-state index contributed by atoms with van der Waals surface area (Å²) in [6.45, 7) is 3.43. The Kier molecular flexibility index (Phi) is 3.74. The highest BCUT2D eigenvalue weighted by atomic mass is 32.2. The van der Waals surface area contributed by atoms with Crippen molar-refractivity contribution in [1.29, 1.82) is 0 Å². The van der Waals surface area contributed by atoms with Crippen LogP contribution in [0.4, 0.5) is 11.4 Å². The molecule has 0 unspecified atom stereocenters. The molecular formula is C11H17N3O3S. The average Bonchev–Trinajstić information content (AvgIpc) is 2.35. The molecular weight excluding hydrogens is 254 g/mol. The third-order valence-electron chi connectivity index (χ3n) is 2.81. The molecule has 1 aromatic rings. The number of ether oxygens (including phenoxy) is 1. The Morgan fingerprint density at radius 2 is 2.00 bits per heavy atom. The van der Waals surface area contributed by atoms with Gasteiger partial charge in [0.25, 0.3) is 0 Å². The second kappa shape index (κ2) is 5.13. The molecule has 0 bridgehead atoms. The van der Waals surface area contributed by atoms with Gasteiger partial charge in [0.05, 0.1) is 18.9 Å². The van der Waals surface area contributed by atoms with Crippen molar-refractivity contribution in [2.24, 2.45) is 0 Å². The van der Waals surface area contributed by atoms with Gasteiger partial charge in [0.15, 0.2) is 0 Å². The molecule has 1 saturated heterocycles. The van der Waals surface area contributed by atoms with Crippen molar-refractivity contribution in [3.05, 3.63) is 23.8 Å². The van der Waals surface area contributed by atoms with E-state index in [1.54, 1.807) is 18.2 Å². The van der Waals surface area contributed by atoms with E-state index in [2.05, 4.69) is 4.72 Å². The first-order valence-electron chi connectivity index (χ1n) is 5.71. The molecule has 0 spiro atoms. The first-order valence-corrected chi connectivity index (χ1v) is 7.15. The summed E-state index contributed by atoms with van der Waals surface area (Å²) in [4.78, 5) is 0. The molecule has 6 nitrogen and oxygen atoms in total. The largest absolute Gasteiger partial charge is 0.399 e. The third kappa shape index (κ3) is 2.92. The van der Waals surface area contributed by atoms with Gasteiger partial charge >= 0.3 is 10.2 Å². The first-order chi connectivity index (χ1) is 8.49. The van der Waals surface area contributed by atoms with E-state index in [9.17, 15) is 8.42 Å². The third-order valence-corrected chi connectivity index (χ3v) is 4.33. The summed E-state index contributed by atoms with van der Waals surface area (Å²) in [7, 11) is -3.53. The predicted molar refractivity (Wildman–Crippen MR) is 70.5 cm³/mol. The van der Waals surface area contributed by atoms with Gasteiger partial charge in [-0.2, -0.15) is 12.7 Å². The molecule has 1 heterocycles. The van der Waals surface area contributed by atoms with Crippen LogP contribution in [0.1, 0.15) is 5.56 Å². The molecule has 3 N–H and O–H groups in total. The number of nitrogens with one attached hydrogen (secondary N) is 1. The predicted octanol–water partition coefficient (Wildman–Crippen LogP) is 0.566. The normalized spacial score (nSPS) is 17.6. The van der Waals surface area contributed by atoms with Gasteiger partial charge < -0.3 is 10.5 Å². The second-order valence-electron chi connectivity index (χ2n) is 4.19. The van der Waals surface area contributed by atoms with Crippen LogP contribution in [0.2, 0.25) is 0 Å². The highest BCUT2D eigenvalue weighted by Crippen LogP contribution is 2.20. The van der Waals surface area contributed by atoms with Crippen molar-refractivity contribution < 1.29 is 13.2 Å². The van der Waals surface area contributed by atoms with Crippen molar-refractivity contribution >= 4 is 21.6 Å². The molecule has 1 fully saturated rings. The zero-order valence-corrected chi connectivity index (χ0v) is 11.0. The maximum Gasteiger partial charge on any atom is 0.301 e. The lowest BCUT2D eigenvalue weighted by Gasteiger charge is -2.26. The van der Waals surface area contributed by atoms with Crippen LogP contribution in [0, 0.1) is 6.92 Å². The van der Waals surface area contributed by atoms with Crippen molar-refractivity contribution in [2.45, 2.75) is 6.92 Å². The van der Waals surface area contributed by atoms with Crippen LogP contribution in [0.5, 0.6) is 0 Å². The van der Waals surface area contributed by atoms with E-state index in [-0.39, 0.29) is 0 Å². The molecule has 0 atom stereocenters. The molecule has 1 aliphatic rings. The molecule has 0 aliphatic carbocycles. The van der Waals surface area contributed by atoms with Crippen LogP contribution in [-0.4, -0.2) is 39.0 Å². The lowest BCUT2D eigenvalue weighted by molar-refractivity contribution is 0.0733.